The van der Waals surface area contributed by atoms with Crippen LogP contribution in [0.5, 0.6) is 11.5 Å². The first kappa shape index (κ1) is 18.7. The molecule has 2 N–H and O–H groups in total. The number of methoxy groups -OCH3 is 1. The van der Waals surface area contributed by atoms with Crippen molar-refractivity contribution in [3.63, 3.8) is 0 Å². The molecule has 0 spiro atoms. The molecule has 0 radical (unpaired) electrons. The third-order valence-corrected chi connectivity index (χ3v) is 4.34. The van der Waals surface area contributed by atoms with E-state index in [0.29, 0.717) is 4.47 Å². The van der Waals surface area contributed by atoms with Gasteiger partial charge in [0.05, 0.1) is 24.8 Å². The van der Waals surface area contributed by atoms with Crippen LogP contribution in [0.1, 0.15) is 5.56 Å². The summed E-state index contributed by atoms with van der Waals surface area (Å²) in [5.74, 6) is -6.37. The minimum atomic E-state index is -1.79. The van der Waals surface area contributed by atoms with Crippen LogP contribution in [0, 0.1) is 30.2 Å². The van der Waals surface area contributed by atoms with Crippen molar-refractivity contribution in [2.75, 3.05) is 12.6 Å². The summed E-state index contributed by atoms with van der Waals surface area (Å²) in [4.78, 5) is -0.840. The Balaban J connectivity index is 2.18. The number of nitrogens with one attached hydrogen (secondary N) is 1. The normalized spacial score (nSPS) is 10.8. The fraction of sp³-hybridized carbons (Fsp3) is 0.143. The molecule has 2 aromatic carbocycles. The van der Waals surface area contributed by atoms with Gasteiger partial charge in [0.2, 0.25) is 0 Å². The van der Waals surface area contributed by atoms with Gasteiger partial charge in [-0.1, -0.05) is 0 Å². The lowest BCUT2D eigenvalue weighted by Gasteiger charge is -2.12. The number of rotatable bonds is 5. The lowest BCUT2D eigenvalue weighted by Crippen LogP contribution is -2.04. The summed E-state index contributed by atoms with van der Waals surface area (Å²) in [5.41, 5.74) is 1.86. The molecule has 2 rings (SSSR count). The first-order valence-corrected chi connectivity index (χ1v) is 7.80. The van der Waals surface area contributed by atoms with Crippen molar-refractivity contribution in [2.24, 2.45) is 0 Å². The number of ether oxygens (including phenoxy) is 1. The Morgan fingerprint density at radius 2 is 1.75 bits per heavy atom. The van der Waals surface area contributed by atoms with Crippen LogP contribution in [-0.2, 0) is 4.28 Å². The maximum Gasteiger partial charge on any atom is 0.196 e. The highest BCUT2D eigenvalue weighted by Gasteiger charge is 2.24. The van der Waals surface area contributed by atoms with Gasteiger partial charge in [0, 0.05) is 22.2 Å². The largest absolute Gasteiger partial charge is 0.504 e. The summed E-state index contributed by atoms with van der Waals surface area (Å²) in [6.45, 7) is 0.975. The molecule has 0 unspecified atom stereocenters. The molecule has 10 heteroatoms. The van der Waals surface area contributed by atoms with E-state index < -0.39 is 33.7 Å². The van der Waals surface area contributed by atoms with E-state index in [9.17, 15) is 22.7 Å². The maximum atomic E-state index is 13.8. The second-order valence-electron chi connectivity index (χ2n) is 4.48. The Labute approximate surface area is 147 Å². The molecule has 0 aliphatic rings. The van der Waals surface area contributed by atoms with Gasteiger partial charge in [-0.05, 0) is 22.9 Å². The molecular weight excluding hydrogens is 418 g/mol. The van der Waals surface area contributed by atoms with Crippen molar-refractivity contribution >= 4 is 33.7 Å². The van der Waals surface area contributed by atoms with Crippen LogP contribution in [0.15, 0.2) is 21.5 Å². The number of halogens is 5. The minimum absolute atomic E-state index is 0.129. The van der Waals surface area contributed by atoms with Gasteiger partial charge in [-0.25, -0.2) is 17.6 Å². The van der Waals surface area contributed by atoms with Gasteiger partial charge >= 0.3 is 0 Å². The van der Waals surface area contributed by atoms with Gasteiger partial charge in [0.1, 0.15) is 10.7 Å². The molecule has 2 aromatic rings. The zero-order chi connectivity index (χ0) is 18.0. The molecule has 0 aliphatic carbocycles. The number of aromatic hydroxyl groups is 1. The number of phenols is 1. The molecule has 4 nitrogen and oxygen atoms in total. The Kier molecular flexibility index (Phi) is 5.83. The van der Waals surface area contributed by atoms with Crippen molar-refractivity contribution in [2.45, 2.75) is 11.8 Å². The topological polar surface area (TPSA) is 50.7 Å². The maximum absolute atomic E-state index is 13.8. The van der Waals surface area contributed by atoms with E-state index in [1.54, 1.807) is 0 Å². The summed E-state index contributed by atoms with van der Waals surface area (Å²) in [5, 5.41) is 9.66. The van der Waals surface area contributed by atoms with Gasteiger partial charge in [-0.15, -0.1) is 0 Å². The predicted molar refractivity (Wildman–Crippen MR) is 83.9 cm³/mol. The number of hydrogen-bond acceptors (Lipinski definition) is 5. The quantitative estimate of drug-likeness (QED) is 0.229. The minimum Gasteiger partial charge on any atom is -0.504 e. The van der Waals surface area contributed by atoms with Crippen LogP contribution in [0.3, 0.4) is 0 Å². The van der Waals surface area contributed by atoms with E-state index in [-0.39, 0.29) is 29.2 Å². The summed E-state index contributed by atoms with van der Waals surface area (Å²) in [6, 6.07) is 2.65. The summed E-state index contributed by atoms with van der Waals surface area (Å²) in [6.07, 6.45) is 0. The molecular formula is C14H10BrF4NO3S. The van der Waals surface area contributed by atoms with Crippen molar-refractivity contribution in [3.05, 3.63) is 45.4 Å². The van der Waals surface area contributed by atoms with Gasteiger partial charge < -0.3 is 9.84 Å². The second-order valence-corrected chi connectivity index (χ2v) is 6.08. The molecule has 0 atom stereocenters. The van der Waals surface area contributed by atoms with Crippen LogP contribution in [0.25, 0.3) is 0 Å². The Morgan fingerprint density at radius 1 is 1.08 bits per heavy atom. The highest BCUT2D eigenvalue weighted by atomic mass is 79.9. The standard InChI is InChI=1S/C14H10BrF4NO3S/c1-5-10(16)12(18)13(19)14(11(5)17)24-23-20-7-4-8(21)9(22-2)3-6(7)15/h3-4,20-21H,1-2H3. The van der Waals surface area contributed by atoms with E-state index >= 15 is 0 Å². The first-order valence-electron chi connectivity index (χ1n) is 6.26. The fourth-order valence-corrected chi connectivity index (χ4v) is 2.70. The van der Waals surface area contributed by atoms with Crippen LogP contribution in [-0.4, -0.2) is 12.2 Å². The molecule has 0 amide bonds. The number of hydrogen-bond donors (Lipinski definition) is 2. The number of benzene rings is 2. The number of anilines is 1. The molecule has 0 saturated carbocycles. The Hall–Kier alpha value is -1.65. The number of phenolic OH excluding ortho intramolecular Hbond substituents is 1. The van der Waals surface area contributed by atoms with E-state index in [2.05, 4.69) is 21.4 Å². The molecule has 0 saturated heterocycles. The average molecular weight is 428 g/mol. The predicted octanol–water partition coefficient (Wildman–Crippen LogP) is 5.08. The average Bonchev–Trinajstić information content (AvgIpc) is 2.56. The van der Waals surface area contributed by atoms with Crippen LogP contribution < -0.4 is 10.2 Å². The van der Waals surface area contributed by atoms with Crippen LogP contribution >= 0.6 is 28.0 Å². The third kappa shape index (κ3) is 3.55. The molecule has 0 fully saturated rings. The first-order chi connectivity index (χ1) is 11.3. The second kappa shape index (κ2) is 7.49. The highest BCUT2D eigenvalue weighted by molar-refractivity contribution is 9.10. The molecule has 0 aliphatic heterocycles. The van der Waals surface area contributed by atoms with Crippen molar-refractivity contribution < 1.29 is 31.7 Å². The third-order valence-electron chi connectivity index (χ3n) is 2.99. The molecule has 130 valence electrons. The van der Waals surface area contributed by atoms with Gasteiger partial charge in [0.15, 0.2) is 29.0 Å². The van der Waals surface area contributed by atoms with Gasteiger partial charge in [-0.3, -0.25) is 5.48 Å². The molecule has 0 aromatic heterocycles. The zero-order valence-corrected chi connectivity index (χ0v) is 14.6. The van der Waals surface area contributed by atoms with Gasteiger partial charge in [0.25, 0.3) is 0 Å². The summed E-state index contributed by atoms with van der Waals surface area (Å²) in [7, 11) is 1.36. The van der Waals surface area contributed by atoms with E-state index in [1.807, 2.05) is 0 Å². The zero-order valence-electron chi connectivity index (χ0n) is 12.2. The Morgan fingerprint density at radius 3 is 2.38 bits per heavy atom. The molecule has 0 bridgehead atoms. The molecule has 0 heterocycles. The van der Waals surface area contributed by atoms with E-state index in [4.69, 9.17) is 9.02 Å². The fourth-order valence-electron chi connectivity index (χ4n) is 1.69. The van der Waals surface area contributed by atoms with Crippen molar-refractivity contribution in [1.29, 1.82) is 0 Å². The van der Waals surface area contributed by atoms with Gasteiger partial charge in [-0.2, -0.15) is 4.28 Å². The van der Waals surface area contributed by atoms with Crippen molar-refractivity contribution in [1.82, 2.24) is 0 Å². The summed E-state index contributed by atoms with van der Waals surface area (Å²) < 4.78 is 64.1. The van der Waals surface area contributed by atoms with Crippen LogP contribution in [0.4, 0.5) is 23.2 Å². The lowest BCUT2D eigenvalue weighted by molar-refractivity contribution is 0.372. The summed E-state index contributed by atoms with van der Waals surface area (Å²) >= 11 is 3.30. The Bertz CT molecular complexity index is 762. The van der Waals surface area contributed by atoms with E-state index in [1.165, 1.54) is 19.2 Å². The highest BCUT2D eigenvalue weighted by Crippen LogP contribution is 2.37. The molecule has 24 heavy (non-hydrogen) atoms. The van der Waals surface area contributed by atoms with Crippen molar-refractivity contribution in [3.8, 4) is 11.5 Å². The monoisotopic (exact) mass is 427 g/mol. The van der Waals surface area contributed by atoms with E-state index in [0.717, 1.165) is 6.92 Å². The van der Waals surface area contributed by atoms with Crippen LogP contribution in [0.2, 0.25) is 0 Å². The lowest BCUT2D eigenvalue weighted by atomic mass is 10.2. The SMILES string of the molecule is COc1cc(Br)c(NOSc2c(F)c(C)c(F)c(F)c2F)cc1O. The smallest absolute Gasteiger partial charge is 0.196 e.